The molecule has 2 aromatic heterocycles. The van der Waals surface area contributed by atoms with Gasteiger partial charge in [-0.3, -0.25) is 9.97 Å². The monoisotopic (exact) mass is 292 g/mol. The summed E-state index contributed by atoms with van der Waals surface area (Å²) in [6.45, 7) is 6.30. The molecular weight excluding hydrogens is 272 g/mol. The predicted molar refractivity (Wildman–Crippen MR) is 86.8 cm³/mol. The van der Waals surface area contributed by atoms with Gasteiger partial charge in [-0.25, -0.2) is 4.98 Å². The Morgan fingerprint density at radius 3 is 2.64 bits per heavy atom. The highest BCUT2D eigenvalue weighted by Gasteiger charge is 2.19. The van der Waals surface area contributed by atoms with Crippen molar-refractivity contribution in [2.75, 3.05) is 0 Å². The number of rotatable bonds is 4. The van der Waals surface area contributed by atoms with E-state index in [1.165, 1.54) is 16.7 Å². The van der Waals surface area contributed by atoms with Crippen LogP contribution in [0.5, 0.6) is 0 Å². The molecule has 1 atom stereocenters. The van der Waals surface area contributed by atoms with E-state index >= 15 is 0 Å². The normalized spacial score (nSPS) is 12.3. The van der Waals surface area contributed by atoms with Crippen LogP contribution in [0.25, 0.3) is 0 Å². The lowest BCUT2D eigenvalue weighted by Crippen LogP contribution is -2.10. The van der Waals surface area contributed by atoms with E-state index in [1.54, 1.807) is 12.5 Å². The minimum absolute atomic E-state index is 0.207. The molecular formula is C18H20N4. The number of nitrogens with one attached hydrogen (secondary N) is 1. The Morgan fingerprint density at radius 1 is 1.05 bits per heavy atom. The molecule has 0 unspecified atom stereocenters. The van der Waals surface area contributed by atoms with Crippen LogP contribution in [0.1, 0.15) is 39.7 Å². The van der Waals surface area contributed by atoms with Gasteiger partial charge in [0.15, 0.2) is 0 Å². The van der Waals surface area contributed by atoms with Gasteiger partial charge in [0.2, 0.25) is 0 Å². The molecule has 2 heterocycles. The maximum Gasteiger partial charge on any atom is 0.0921 e. The molecule has 0 amide bonds. The minimum atomic E-state index is 0.207. The van der Waals surface area contributed by atoms with Gasteiger partial charge in [-0.1, -0.05) is 18.2 Å². The van der Waals surface area contributed by atoms with E-state index < -0.39 is 0 Å². The van der Waals surface area contributed by atoms with E-state index in [-0.39, 0.29) is 5.92 Å². The predicted octanol–water partition coefficient (Wildman–Crippen LogP) is 3.50. The number of benzene rings is 1. The van der Waals surface area contributed by atoms with Gasteiger partial charge in [0.1, 0.15) is 0 Å². The number of hydrogen-bond donors (Lipinski definition) is 1. The summed E-state index contributed by atoms with van der Waals surface area (Å²) in [6, 6.07) is 6.45. The molecule has 0 radical (unpaired) electrons. The molecule has 0 aliphatic carbocycles. The molecule has 3 aromatic rings. The van der Waals surface area contributed by atoms with Crippen molar-refractivity contribution in [3.05, 3.63) is 76.9 Å². The van der Waals surface area contributed by atoms with Gasteiger partial charge in [0.25, 0.3) is 0 Å². The molecule has 0 aliphatic rings. The van der Waals surface area contributed by atoms with Crippen molar-refractivity contribution in [1.29, 1.82) is 0 Å². The van der Waals surface area contributed by atoms with E-state index in [4.69, 9.17) is 0 Å². The SMILES string of the molecule is Cc1cncc(C[C@@H](c2cnc[nH]2)c2cccc(C)c2C)n1. The average molecular weight is 292 g/mol. The van der Waals surface area contributed by atoms with E-state index in [0.717, 1.165) is 23.5 Å². The van der Waals surface area contributed by atoms with Crippen LogP contribution in [-0.4, -0.2) is 19.9 Å². The summed E-state index contributed by atoms with van der Waals surface area (Å²) in [5.41, 5.74) is 6.99. The highest BCUT2D eigenvalue weighted by atomic mass is 14.9. The number of aryl methyl sites for hydroxylation is 2. The minimum Gasteiger partial charge on any atom is -0.348 e. The number of imidazole rings is 1. The fourth-order valence-corrected chi connectivity index (χ4v) is 2.82. The van der Waals surface area contributed by atoms with Crippen molar-refractivity contribution in [3.8, 4) is 0 Å². The molecule has 0 fully saturated rings. The van der Waals surface area contributed by atoms with E-state index in [1.807, 2.05) is 19.3 Å². The Morgan fingerprint density at radius 2 is 1.91 bits per heavy atom. The van der Waals surface area contributed by atoms with Crippen LogP contribution in [0.2, 0.25) is 0 Å². The van der Waals surface area contributed by atoms with E-state index in [2.05, 4.69) is 52.0 Å². The maximum absolute atomic E-state index is 4.60. The zero-order valence-electron chi connectivity index (χ0n) is 13.2. The first-order valence-corrected chi connectivity index (χ1v) is 7.47. The van der Waals surface area contributed by atoms with Crippen molar-refractivity contribution < 1.29 is 0 Å². The second-order valence-electron chi connectivity index (χ2n) is 5.70. The van der Waals surface area contributed by atoms with Crippen LogP contribution in [0.3, 0.4) is 0 Å². The smallest absolute Gasteiger partial charge is 0.0921 e. The summed E-state index contributed by atoms with van der Waals surface area (Å²) in [5, 5.41) is 0. The lowest BCUT2D eigenvalue weighted by atomic mass is 9.87. The van der Waals surface area contributed by atoms with Gasteiger partial charge in [0, 0.05) is 36.6 Å². The van der Waals surface area contributed by atoms with Crippen LogP contribution in [-0.2, 0) is 6.42 Å². The summed E-state index contributed by atoms with van der Waals surface area (Å²) in [6.07, 6.45) is 8.07. The van der Waals surface area contributed by atoms with Gasteiger partial charge < -0.3 is 4.98 Å². The lowest BCUT2D eigenvalue weighted by Gasteiger charge is -2.19. The molecule has 1 aromatic carbocycles. The van der Waals surface area contributed by atoms with Crippen LogP contribution in [0.15, 0.2) is 43.1 Å². The summed E-state index contributed by atoms with van der Waals surface area (Å²) < 4.78 is 0. The first-order valence-electron chi connectivity index (χ1n) is 7.47. The van der Waals surface area contributed by atoms with Gasteiger partial charge in [0.05, 0.1) is 17.7 Å². The number of nitrogens with zero attached hydrogens (tertiary/aromatic N) is 3. The molecule has 22 heavy (non-hydrogen) atoms. The second-order valence-corrected chi connectivity index (χ2v) is 5.70. The van der Waals surface area contributed by atoms with Gasteiger partial charge in [-0.15, -0.1) is 0 Å². The molecule has 0 saturated carbocycles. The Bertz CT molecular complexity index is 763. The van der Waals surface area contributed by atoms with Crippen LogP contribution >= 0.6 is 0 Å². The van der Waals surface area contributed by atoms with Crippen molar-refractivity contribution in [1.82, 2.24) is 19.9 Å². The number of hydrogen-bond acceptors (Lipinski definition) is 3. The quantitative estimate of drug-likeness (QED) is 0.800. The maximum atomic E-state index is 4.60. The third-order valence-corrected chi connectivity index (χ3v) is 4.13. The number of H-pyrrole nitrogens is 1. The fourth-order valence-electron chi connectivity index (χ4n) is 2.82. The number of aromatic nitrogens is 4. The average Bonchev–Trinajstić information content (AvgIpc) is 3.02. The van der Waals surface area contributed by atoms with Crippen molar-refractivity contribution in [2.45, 2.75) is 33.1 Å². The third-order valence-electron chi connectivity index (χ3n) is 4.13. The Balaban J connectivity index is 2.03. The molecule has 4 heteroatoms. The Kier molecular flexibility index (Phi) is 4.00. The van der Waals surface area contributed by atoms with Crippen LogP contribution in [0.4, 0.5) is 0 Å². The highest BCUT2D eigenvalue weighted by molar-refractivity contribution is 5.39. The molecule has 0 spiro atoms. The molecule has 0 saturated heterocycles. The molecule has 3 rings (SSSR count). The Hall–Kier alpha value is -2.49. The standard InChI is InChI=1S/C18H20N4/c1-12-5-4-6-16(14(12)3)17(18-10-20-11-21-18)7-15-9-19-8-13(2)22-15/h4-6,8-11,17H,7H2,1-3H3,(H,20,21)/t17-/m1/s1. The molecule has 1 N–H and O–H groups in total. The van der Waals surface area contributed by atoms with E-state index in [0.29, 0.717) is 0 Å². The van der Waals surface area contributed by atoms with Gasteiger partial charge in [-0.05, 0) is 37.5 Å². The zero-order chi connectivity index (χ0) is 15.5. The largest absolute Gasteiger partial charge is 0.348 e. The van der Waals surface area contributed by atoms with Gasteiger partial charge >= 0.3 is 0 Å². The van der Waals surface area contributed by atoms with E-state index in [9.17, 15) is 0 Å². The first kappa shape index (κ1) is 14.4. The van der Waals surface area contributed by atoms with Crippen molar-refractivity contribution in [2.24, 2.45) is 0 Å². The summed E-state index contributed by atoms with van der Waals surface area (Å²) in [7, 11) is 0. The van der Waals surface area contributed by atoms with Gasteiger partial charge in [-0.2, -0.15) is 0 Å². The summed E-state index contributed by atoms with van der Waals surface area (Å²) >= 11 is 0. The molecule has 0 bridgehead atoms. The molecule has 0 aliphatic heterocycles. The van der Waals surface area contributed by atoms with Crippen LogP contribution < -0.4 is 0 Å². The number of aromatic amines is 1. The highest BCUT2D eigenvalue weighted by Crippen LogP contribution is 2.30. The Labute approximate surface area is 130 Å². The second kappa shape index (κ2) is 6.10. The third kappa shape index (κ3) is 2.91. The molecule has 4 nitrogen and oxygen atoms in total. The fraction of sp³-hybridized carbons (Fsp3) is 0.278. The first-order chi connectivity index (χ1) is 10.6. The van der Waals surface area contributed by atoms with Crippen molar-refractivity contribution >= 4 is 0 Å². The molecule has 112 valence electrons. The van der Waals surface area contributed by atoms with Crippen LogP contribution in [0, 0.1) is 20.8 Å². The summed E-state index contributed by atoms with van der Waals surface area (Å²) in [5.74, 6) is 0.207. The summed E-state index contributed by atoms with van der Waals surface area (Å²) in [4.78, 5) is 16.3. The topological polar surface area (TPSA) is 54.5 Å². The van der Waals surface area contributed by atoms with Crippen molar-refractivity contribution in [3.63, 3.8) is 0 Å². The zero-order valence-corrected chi connectivity index (χ0v) is 13.2. The lowest BCUT2D eigenvalue weighted by molar-refractivity contribution is 0.746.